The van der Waals surface area contributed by atoms with Gasteiger partial charge in [0.25, 0.3) is 0 Å². The highest BCUT2D eigenvalue weighted by molar-refractivity contribution is 5.26. The monoisotopic (exact) mass is 314 g/mol. The Labute approximate surface area is 139 Å². The van der Waals surface area contributed by atoms with Crippen LogP contribution in [0.25, 0.3) is 0 Å². The van der Waals surface area contributed by atoms with E-state index in [-0.39, 0.29) is 0 Å². The summed E-state index contributed by atoms with van der Waals surface area (Å²) in [6.45, 7) is 7.26. The molecule has 2 rings (SSSR count). The third-order valence-corrected chi connectivity index (χ3v) is 3.89. The van der Waals surface area contributed by atoms with E-state index in [1.165, 1.54) is 16.0 Å². The molecule has 3 heteroatoms. The molecular formula is C20H28NO2+. The quantitative estimate of drug-likeness (QED) is 0.744. The Morgan fingerprint density at radius 2 is 1.74 bits per heavy atom. The van der Waals surface area contributed by atoms with E-state index in [1.54, 1.807) is 0 Å². The van der Waals surface area contributed by atoms with Gasteiger partial charge in [0, 0.05) is 5.56 Å². The SMILES string of the molecule is CCC[NH+](Cc1ccccc1)C[C@H](O)COc1ccc(C)cc1. The van der Waals surface area contributed by atoms with Gasteiger partial charge in [-0.05, 0) is 25.5 Å². The Hall–Kier alpha value is -1.84. The number of benzene rings is 2. The third-order valence-electron chi connectivity index (χ3n) is 3.89. The van der Waals surface area contributed by atoms with Crippen molar-refractivity contribution >= 4 is 0 Å². The molecule has 3 nitrogen and oxygen atoms in total. The van der Waals surface area contributed by atoms with Crippen molar-refractivity contribution in [2.75, 3.05) is 19.7 Å². The average Bonchev–Trinajstić information content (AvgIpc) is 2.55. The van der Waals surface area contributed by atoms with Crippen molar-refractivity contribution in [3.63, 3.8) is 0 Å². The van der Waals surface area contributed by atoms with Gasteiger partial charge in [-0.25, -0.2) is 0 Å². The zero-order valence-corrected chi connectivity index (χ0v) is 14.2. The molecule has 0 saturated heterocycles. The van der Waals surface area contributed by atoms with E-state index in [4.69, 9.17) is 4.74 Å². The number of hydrogen-bond acceptors (Lipinski definition) is 2. The van der Waals surface area contributed by atoms with Crippen molar-refractivity contribution in [2.45, 2.75) is 32.9 Å². The summed E-state index contributed by atoms with van der Waals surface area (Å²) in [5.41, 5.74) is 2.52. The lowest BCUT2D eigenvalue weighted by molar-refractivity contribution is -0.917. The molecule has 2 N–H and O–H groups in total. The summed E-state index contributed by atoms with van der Waals surface area (Å²) in [5, 5.41) is 10.3. The zero-order valence-electron chi connectivity index (χ0n) is 14.2. The van der Waals surface area contributed by atoms with Gasteiger partial charge in [0.15, 0.2) is 0 Å². The van der Waals surface area contributed by atoms with Crippen LogP contribution in [-0.2, 0) is 6.54 Å². The topological polar surface area (TPSA) is 33.9 Å². The fourth-order valence-electron chi connectivity index (χ4n) is 2.72. The normalized spacial score (nSPS) is 13.5. The zero-order chi connectivity index (χ0) is 16.5. The molecule has 0 aromatic heterocycles. The summed E-state index contributed by atoms with van der Waals surface area (Å²) >= 11 is 0. The molecule has 0 aliphatic rings. The van der Waals surface area contributed by atoms with Crippen LogP contribution in [0.2, 0.25) is 0 Å². The maximum atomic E-state index is 10.3. The first-order valence-corrected chi connectivity index (χ1v) is 8.42. The number of hydrogen-bond donors (Lipinski definition) is 2. The fourth-order valence-corrected chi connectivity index (χ4v) is 2.72. The molecule has 0 amide bonds. The maximum Gasteiger partial charge on any atom is 0.137 e. The van der Waals surface area contributed by atoms with Crippen molar-refractivity contribution in [3.8, 4) is 5.75 Å². The molecule has 0 spiro atoms. The predicted molar refractivity (Wildman–Crippen MR) is 93.8 cm³/mol. The number of aliphatic hydroxyl groups excluding tert-OH is 1. The minimum Gasteiger partial charge on any atom is -0.491 e. The summed E-state index contributed by atoms with van der Waals surface area (Å²) in [7, 11) is 0. The lowest BCUT2D eigenvalue weighted by Gasteiger charge is -2.22. The average molecular weight is 314 g/mol. The fraction of sp³-hybridized carbons (Fsp3) is 0.400. The molecule has 0 aliphatic carbocycles. The molecule has 1 unspecified atom stereocenters. The molecule has 0 heterocycles. The van der Waals surface area contributed by atoms with Crippen LogP contribution >= 0.6 is 0 Å². The van der Waals surface area contributed by atoms with E-state index in [9.17, 15) is 5.11 Å². The summed E-state index contributed by atoms with van der Waals surface area (Å²) in [6, 6.07) is 18.4. The summed E-state index contributed by atoms with van der Waals surface area (Å²) in [4.78, 5) is 1.39. The first kappa shape index (κ1) is 17.5. The summed E-state index contributed by atoms with van der Waals surface area (Å²) < 4.78 is 5.69. The summed E-state index contributed by atoms with van der Waals surface area (Å²) in [6.07, 6.45) is 0.648. The minimum atomic E-state index is -0.457. The Morgan fingerprint density at radius 3 is 2.39 bits per heavy atom. The van der Waals surface area contributed by atoms with Crippen LogP contribution in [0.15, 0.2) is 54.6 Å². The van der Waals surface area contributed by atoms with E-state index in [0.29, 0.717) is 13.2 Å². The van der Waals surface area contributed by atoms with Crippen molar-refractivity contribution in [1.82, 2.24) is 0 Å². The Kier molecular flexibility index (Phi) is 7.11. The number of nitrogens with one attached hydrogen (secondary N) is 1. The van der Waals surface area contributed by atoms with Crippen LogP contribution in [0.4, 0.5) is 0 Å². The molecule has 0 saturated carbocycles. The second-order valence-corrected chi connectivity index (χ2v) is 6.14. The van der Waals surface area contributed by atoms with Crippen LogP contribution in [-0.4, -0.2) is 30.9 Å². The number of aliphatic hydroxyl groups is 1. The van der Waals surface area contributed by atoms with Gasteiger partial charge in [0.1, 0.15) is 31.5 Å². The molecule has 2 atom stereocenters. The van der Waals surface area contributed by atoms with Gasteiger partial charge in [0.05, 0.1) is 6.54 Å². The molecule has 2 aromatic carbocycles. The lowest BCUT2D eigenvalue weighted by Crippen LogP contribution is -3.12. The van der Waals surface area contributed by atoms with Crippen molar-refractivity contribution in [1.29, 1.82) is 0 Å². The standard InChI is InChI=1S/C20H27NO2/c1-3-13-21(14-18-7-5-4-6-8-18)15-19(22)16-23-20-11-9-17(2)10-12-20/h4-12,19,22H,3,13-16H2,1-2H3/p+1/t19-/m0/s1. The maximum absolute atomic E-state index is 10.3. The predicted octanol–water partition coefficient (Wildman–Crippen LogP) is 2.23. The van der Waals surface area contributed by atoms with Gasteiger partial charge in [-0.2, -0.15) is 0 Å². The van der Waals surface area contributed by atoms with Gasteiger partial charge in [-0.3, -0.25) is 0 Å². The van der Waals surface area contributed by atoms with E-state index in [1.807, 2.05) is 37.3 Å². The highest BCUT2D eigenvalue weighted by atomic mass is 16.5. The van der Waals surface area contributed by atoms with Crippen LogP contribution < -0.4 is 9.64 Å². The van der Waals surface area contributed by atoms with Crippen molar-refractivity contribution in [3.05, 3.63) is 65.7 Å². The molecule has 23 heavy (non-hydrogen) atoms. The first-order chi connectivity index (χ1) is 11.2. The van der Waals surface area contributed by atoms with E-state index in [0.717, 1.165) is 25.3 Å². The van der Waals surface area contributed by atoms with Crippen LogP contribution in [0.3, 0.4) is 0 Å². The summed E-state index contributed by atoms with van der Waals surface area (Å²) in [5.74, 6) is 0.815. The highest BCUT2D eigenvalue weighted by Gasteiger charge is 2.15. The lowest BCUT2D eigenvalue weighted by atomic mass is 10.2. The van der Waals surface area contributed by atoms with Gasteiger partial charge in [-0.15, -0.1) is 0 Å². The molecule has 124 valence electrons. The van der Waals surface area contributed by atoms with Gasteiger partial charge in [-0.1, -0.05) is 55.0 Å². The van der Waals surface area contributed by atoms with Crippen molar-refractivity contribution in [2.24, 2.45) is 0 Å². The van der Waals surface area contributed by atoms with Crippen LogP contribution in [0.5, 0.6) is 5.75 Å². The Morgan fingerprint density at radius 1 is 1.04 bits per heavy atom. The number of aryl methyl sites for hydroxylation is 1. The largest absolute Gasteiger partial charge is 0.491 e. The van der Waals surface area contributed by atoms with Gasteiger partial charge in [0.2, 0.25) is 0 Å². The third kappa shape index (κ3) is 6.43. The molecule has 0 radical (unpaired) electrons. The molecule has 0 fully saturated rings. The van der Waals surface area contributed by atoms with Gasteiger partial charge >= 0.3 is 0 Å². The molecular weight excluding hydrogens is 286 g/mol. The Balaban J connectivity index is 1.82. The second-order valence-electron chi connectivity index (χ2n) is 6.14. The first-order valence-electron chi connectivity index (χ1n) is 8.42. The second kappa shape index (κ2) is 9.33. The number of rotatable bonds is 9. The molecule has 2 aromatic rings. The highest BCUT2D eigenvalue weighted by Crippen LogP contribution is 2.11. The van der Waals surface area contributed by atoms with Gasteiger partial charge < -0.3 is 14.7 Å². The number of ether oxygens (including phenoxy) is 1. The van der Waals surface area contributed by atoms with E-state index >= 15 is 0 Å². The molecule has 0 bridgehead atoms. The van der Waals surface area contributed by atoms with E-state index < -0.39 is 6.10 Å². The van der Waals surface area contributed by atoms with Crippen LogP contribution in [0, 0.1) is 6.92 Å². The molecule has 0 aliphatic heterocycles. The van der Waals surface area contributed by atoms with E-state index in [2.05, 4.69) is 31.2 Å². The number of quaternary nitrogens is 1. The van der Waals surface area contributed by atoms with Crippen LogP contribution in [0.1, 0.15) is 24.5 Å². The smallest absolute Gasteiger partial charge is 0.137 e. The van der Waals surface area contributed by atoms with Crippen molar-refractivity contribution < 1.29 is 14.7 Å². The Bertz CT molecular complexity index is 554. The minimum absolute atomic E-state index is 0.338.